The van der Waals surface area contributed by atoms with Gasteiger partial charge in [0.2, 0.25) is 5.82 Å². The molecule has 2 aliphatic carbocycles. The molecule has 1 aromatic carbocycles. The van der Waals surface area contributed by atoms with Crippen molar-refractivity contribution in [2.75, 3.05) is 6.61 Å². The summed E-state index contributed by atoms with van der Waals surface area (Å²) in [5.74, 6) is 1.84. The van der Waals surface area contributed by atoms with Gasteiger partial charge in [0.25, 0.3) is 0 Å². The van der Waals surface area contributed by atoms with Crippen LogP contribution >= 0.6 is 0 Å². The Labute approximate surface area is 202 Å². The van der Waals surface area contributed by atoms with Gasteiger partial charge in [0.1, 0.15) is 0 Å². The summed E-state index contributed by atoms with van der Waals surface area (Å²) < 4.78 is 34.9. The van der Waals surface area contributed by atoms with Crippen LogP contribution in [0.4, 0.5) is 8.78 Å². The molecule has 0 aromatic heterocycles. The molecular weight excluding hydrogens is 414 g/mol. The van der Waals surface area contributed by atoms with Crippen LogP contribution in [0.25, 0.3) is 0 Å². The lowest BCUT2D eigenvalue weighted by Crippen LogP contribution is -2.27. The Bertz CT molecular complexity index is 672. The van der Waals surface area contributed by atoms with Crippen molar-refractivity contribution in [3.63, 3.8) is 0 Å². The normalized spacial score (nSPS) is 25.8. The SMILES string of the molecule is CCCCCCCCc1ccc(OCC2CCC(C3CCC(CCC)CC3)CC2)c(F)c1F. The van der Waals surface area contributed by atoms with Crippen molar-refractivity contribution in [1.29, 1.82) is 0 Å². The van der Waals surface area contributed by atoms with Gasteiger partial charge in [-0.15, -0.1) is 0 Å². The van der Waals surface area contributed by atoms with Gasteiger partial charge >= 0.3 is 0 Å². The van der Waals surface area contributed by atoms with E-state index in [0.717, 1.165) is 30.6 Å². The van der Waals surface area contributed by atoms with Crippen LogP contribution in [0.15, 0.2) is 12.1 Å². The molecule has 0 spiro atoms. The molecule has 0 bridgehead atoms. The van der Waals surface area contributed by atoms with E-state index in [4.69, 9.17) is 4.74 Å². The Hall–Kier alpha value is -1.12. The molecule has 0 aliphatic heterocycles. The lowest BCUT2D eigenvalue weighted by molar-refractivity contribution is 0.120. The van der Waals surface area contributed by atoms with E-state index in [9.17, 15) is 8.78 Å². The summed E-state index contributed by atoms with van der Waals surface area (Å²) >= 11 is 0. The van der Waals surface area contributed by atoms with Gasteiger partial charge in [-0.2, -0.15) is 4.39 Å². The molecule has 2 saturated carbocycles. The minimum atomic E-state index is -0.795. The number of ether oxygens (including phenoxy) is 1. The molecule has 0 amide bonds. The van der Waals surface area contributed by atoms with Crippen molar-refractivity contribution in [3.05, 3.63) is 29.3 Å². The summed E-state index contributed by atoms with van der Waals surface area (Å²) in [6, 6.07) is 3.37. The maximum Gasteiger partial charge on any atom is 0.200 e. The second-order valence-electron chi connectivity index (χ2n) is 11.0. The molecule has 0 saturated heterocycles. The van der Waals surface area contributed by atoms with Crippen molar-refractivity contribution >= 4 is 0 Å². The second kappa shape index (κ2) is 14.3. The highest BCUT2D eigenvalue weighted by Crippen LogP contribution is 2.42. The van der Waals surface area contributed by atoms with Gasteiger partial charge in [0.05, 0.1) is 6.61 Å². The molecular formula is C30H48F2O. The van der Waals surface area contributed by atoms with Crippen LogP contribution in [-0.4, -0.2) is 6.61 Å². The average Bonchev–Trinajstić information content (AvgIpc) is 2.84. The minimum Gasteiger partial charge on any atom is -0.490 e. The van der Waals surface area contributed by atoms with E-state index in [1.54, 1.807) is 12.1 Å². The van der Waals surface area contributed by atoms with Crippen molar-refractivity contribution in [2.45, 2.75) is 123 Å². The van der Waals surface area contributed by atoms with Crippen LogP contribution in [0.3, 0.4) is 0 Å². The zero-order valence-corrected chi connectivity index (χ0v) is 21.4. The molecule has 1 aromatic rings. The number of hydrogen-bond donors (Lipinski definition) is 0. The molecule has 0 unspecified atom stereocenters. The number of aryl methyl sites for hydroxylation is 1. The van der Waals surface area contributed by atoms with E-state index < -0.39 is 11.6 Å². The maximum absolute atomic E-state index is 14.6. The first kappa shape index (κ1) is 26.5. The van der Waals surface area contributed by atoms with Crippen LogP contribution in [-0.2, 0) is 6.42 Å². The smallest absolute Gasteiger partial charge is 0.200 e. The van der Waals surface area contributed by atoms with E-state index in [-0.39, 0.29) is 5.75 Å². The molecule has 0 N–H and O–H groups in total. The predicted molar refractivity (Wildman–Crippen MR) is 135 cm³/mol. The second-order valence-corrected chi connectivity index (χ2v) is 11.0. The third-order valence-electron chi connectivity index (χ3n) is 8.55. The largest absolute Gasteiger partial charge is 0.490 e. The van der Waals surface area contributed by atoms with Crippen LogP contribution in [0.2, 0.25) is 0 Å². The van der Waals surface area contributed by atoms with Crippen molar-refractivity contribution in [3.8, 4) is 5.75 Å². The van der Waals surface area contributed by atoms with Crippen LogP contribution in [0, 0.1) is 35.3 Å². The Morgan fingerprint density at radius 3 is 1.94 bits per heavy atom. The van der Waals surface area contributed by atoms with E-state index in [1.807, 2.05) is 0 Å². The number of unbranched alkanes of at least 4 members (excludes halogenated alkanes) is 5. The molecule has 0 atom stereocenters. The standard InChI is InChI=1S/C30H48F2O/c1-3-5-6-7-8-9-11-27-20-21-28(30(32)29(27)31)33-22-24-14-18-26(19-15-24)25-16-12-23(10-4-2)13-17-25/h20-21,23-26H,3-19,22H2,1-2H3. The van der Waals surface area contributed by atoms with Crippen LogP contribution in [0.5, 0.6) is 5.75 Å². The third-order valence-corrected chi connectivity index (χ3v) is 8.55. The lowest BCUT2D eigenvalue weighted by atomic mass is 9.69. The highest BCUT2D eigenvalue weighted by molar-refractivity contribution is 5.31. The summed E-state index contributed by atoms with van der Waals surface area (Å²) in [5.41, 5.74) is 0.490. The quantitative estimate of drug-likeness (QED) is 0.265. The zero-order chi connectivity index (χ0) is 23.5. The van der Waals surface area contributed by atoms with Gasteiger partial charge in [-0.1, -0.05) is 77.7 Å². The maximum atomic E-state index is 14.6. The zero-order valence-electron chi connectivity index (χ0n) is 21.4. The Balaban J connectivity index is 1.37. The molecule has 2 fully saturated rings. The van der Waals surface area contributed by atoms with Crippen LogP contribution in [0.1, 0.15) is 122 Å². The van der Waals surface area contributed by atoms with E-state index in [2.05, 4.69) is 13.8 Å². The van der Waals surface area contributed by atoms with Crippen molar-refractivity contribution in [2.24, 2.45) is 23.7 Å². The number of hydrogen-bond acceptors (Lipinski definition) is 1. The minimum absolute atomic E-state index is 0.0931. The third kappa shape index (κ3) is 8.25. The fraction of sp³-hybridized carbons (Fsp3) is 0.800. The molecule has 2 aliphatic rings. The first-order chi connectivity index (χ1) is 16.1. The number of halogens is 2. The van der Waals surface area contributed by atoms with Gasteiger partial charge in [-0.25, -0.2) is 4.39 Å². The van der Waals surface area contributed by atoms with Crippen molar-refractivity contribution < 1.29 is 13.5 Å². The molecule has 33 heavy (non-hydrogen) atoms. The average molecular weight is 463 g/mol. The first-order valence-corrected chi connectivity index (χ1v) is 14.2. The summed E-state index contributed by atoms with van der Waals surface area (Å²) in [4.78, 5) is 0. The monoisotopic (exact) mass is 462 g/mol. The lowest BCUT2D eigenvalue weighted by Gasteiger charge is -2.37. The van der Waals surface area contributed by atoms with Gasteiger partial charge in [-0.3, -0.25) is 0 Å². The van der Waals surface area contributed by atoms with Crippen molar-refractivity contribution in [1.82, 2.24) is 0 Å². The molecule has 3 rings (SSSR count). The summed E-state index contributed by atoms with van der Waals surface area (Å²) in [6.07, 6.45) is 20.9. The molecule has 0 heterocycles. The molecule has 3 heteroatoms. The van der Waals surface area contributed by atoms with Crippen LogP contribution < -0.4 is 4.74 Å². The van der Waals surface area contributed by atoms with E-state index in [0.29, 0.717) is 24.5 Å². The molecule has 1 nitrogen and oxygen atoms in total. The predicted octanol–water partition coefficient (Wildman–Crippen LogP) is 9.66. The Kier molecular flexibility index (Phi) is 11.5. The Morgan fingerprint density at radius 2 is 1.30 bits per heavy atom. The highest BCUT2D eigenvalue weighted by Gasteiger charge is 2.31. The number of rotatable bonds is 13. The molecule has 188 valence electrons. The summed E-state index contributed by atoms with van der Waals surface area (Å²) in [6.45, 7) is 5.02. The van der Waals surface area contributed by atoms with Gasteiger partial charge in [0.15, 0.2) is 11.6 Å². The summed E-state index contributed by atoms with van der Waals surface area (Å²) in [5, 5.41) is 0. The van der Waals surface area contributed by atoms with Gasteiger partial charge in [-0.05, 0) is 86.7 Å². The fourth-order valence-corrected chi connectivity index (χ4v) is 6.36. The van der Waals surface area contributed by atoms with E-state index >= 15 is 0 Å². The van der Waals surface area contributed by atoms with Gasteiger partial charge in [0, 0.05) is 0 Å². The molecule has 0 radical (unpaired) electrons. The fourth-order valence-electron chi connectivity index (χ4n) is 6.36. The summed E-state index contributed by atoms with van der Waals surface area (Å²) in [7, 11) is 0. The Morgan fingerprint density at radius 1 is 0.697 bits per heavy atom. The van der Waals surface area contributed by atoms with E-state index in [1.165, 1.54) is 89.9 Å². The first-order valence-electron chi connectivity index (χ1n) is 14.2. The topological polar surface area (TPSA) is 9.23 Å². The van der Waals surface area contributed by atoms with Gasteiger partial charge < -0.3 is 4.74 Å². The highest BCUT2D eigenvalue weighted by atomic mass is 19.2. The number of benzene rings is 1.